The van der Waals surface area contributed by atoms with Gasteiger partial charge in [0.15, 0.2) is 0 Å². The van der Waals surface area contributed by atoms with E-state index in [1.807, 2.05) is 18.2 Å². The fourth-order valence-corrected chi connectivity index (χ4v) is 3.87. The number of anilines is 1. The van der Waals surface area contributed by atoms with Gasteiger partial charge in [-0.05, 0) is 54.2 Å². The van der Waals surface area contributed by atoms with Gasteiger partial charge in [-0.25, -0.2) is 8.78 Å². The maximum absolute atomic E-state index is 15.3. The van der Waals surface area contributed by atoms with Crippen molar-refractivity contribution in [3.8, 4) is 16.9 Å². The third kappa shape index (κ3) is 5.91. The average Bonchev–Trinajstić information content (AvgIpc) is 3.66. The molecule has 0 aliphatic heterocycles. The number of hydrogen-bond acceptors (Lipinski definition) is 4. The van der Waals surface area contributed by atoms with E-state index in [0.29, 0.717) is 28.4 Å². The molecule has 5 nitrogen and oxygen atoms in total. The van der Waals surface area contributed by atoms with E-state index in [1.165, 1.54) is 18.9 Å². The number of hydrogen-bond donors (Lipinski definition) is 3. The van der Waals surface area contributed by atoms with Gasteiger partial charge in [-0.15, -0.1) is 0 Å². The van der Waals surface area contributed by atoms with Crippen LogP contribution in [-0.2, 0) is 17.8 Å². The summed E-state index contributed by atoms with van der Waals surface area (Å²) >= 11 is 0. The van der Waals surface area contributed by atoms with Gasteiger partial charge in [-0.1, -0.05) is 36.4 Å². The van der Waals surface area contributed by atoms with Gasteiger partial charge in [0.25, 0.3) is 0 Å². The molecule has 1 fully saturated rings. The number of ether oxygens (including phenoxy) is 1. The van der Waals surface area contributed by atoms with E-state index in [1.54, 1.807) is 36.4 Å². The van der Waals surface area contributed by atoms with Crippen molar-refractivity contribution in [2.75, 3.05) is 18.5 Å². The van der Waals surface area contributed by atoms with Crippen LogP contribution >= 0.6 is 0 Å². The number of nitrogens with two attached hydrogens (primary N) is 1. The summed E-state index contributed by atoms with van der Waals surface area (Å²) in [5.74, 6) is -0.337. The van der Waals surface area contributed by atoms with Gasteiger partial charge < -0.3 is 20.9 Å². The Morgan fingerprint density at radius 2 is 1.94 bits per heavy atom. The molecule has 4 N–H and O–H groups in total. The van der Waals surface area contributed by atoms with Crippen molar-refractivity contribution in [2.24, 2.45) is 11.7 Å². The third-order valence-corrected chi connectivity index (χ3v) is 5.90. The van der Waals surface area contributed by atoms with Crippen LogP contribution in [0.15, 0.2) is 60.7 Å². The van der Waals surface area contributed by atoms with Crippen molar-refractivity contribution >= 4 is 11.7 Å². The molecule has 0 bridgehead atoms. The number of para-hydroxylation sites is 1. The number of rotatable bonds is 11. The van der Waals surface area contributed by atoms with Crippen LogP contribution in [0, 0.1) is 11.7 Å². The summed E-state index contributed by atoms with van der Waals surface area (Å²) in [4.78, 5) is 11.2. The van der Waals surface area contributed by atoms with E-state index in [0.717, 1.165) is 17.8 Å². The fraction of sp³-hybridized carbons (Fsp3) is 0.296. The number of halogens is 2. The number of carbonyl (C=O) groups is 1. The van der Waals surface area contributed by atoms with Gasteiger partial charge in [-0.2, -0.15) is 0 Å². The van der Waals surface area contributed by atoms with Crippen molar-refractivity contribution in [3.05, 3.63) is 83.2 Å². The standard InChI is InChI=1S/C27H28F2N2O3/c28-14-24(30)23-6-3-5-22(27(23)29)20-10-18(11-21(12-20)31-15-17-8-9-17)16-34-25-7-2-1-4-19(25)13-26(32)33/h1-7,10-12,17,24,31H,8-9,13-16,30H2,(H,32,33)/t24-/m0/s1. The highest BCUT2D eigenvalue weighted by Crippen LogP contribution is 2.33. The van der Waals surface area contributed by atoms with E-state index in [9.17, 15) is 9.18 Å². The first-order valence-electron chi connectivity index (χ1n) is 11.3. The highest BCUT2D eigenvalue weighted by Gasteiger charge is 2.21. The Kier molecular flexibility index (Phi) is 7.43. The second kappa shape index (κ2) is 10.7. The molecule has 1 aliphatic carbocycles. The van der Waals surface area contributed by atoms with Crippen LogP contribution in [0.1, 0.15) is 35.6 Å². The maximum Gasteiger partial charge on any atom is 0.307 e. The Bertz CT molecular complexity index is 1160. The summed E-state index contributed by atoms with van der Waals surface area (Å²) < 4.78 is 34.3. The van der Waals surface area contributed by atoms with E-state index < -0.39 is 24.5 Å². The van der Waals surface area contributed by atoms with E-state index >= 15 is 4.39 Å². The Morgan fingerprint density at radius 1 is 1.15 bits per heavy atom. The molecule has 1 aliphatic rings. The SMILES string of the molecule is N[C@@H](CF)c1cccc(-c2cc(COc3ccccc3CC(=O)O)cc(NCC3CC3)c2)c1F. The minimum Gasteiger partial charge on any atom is -0.489 e. The number of benzene rings is 3. The lowest BCUT2D eigenvalue weighted by molar-refractivity contribution is -0.136. The molecule has 4 rings (SSSR count). The first kappa shape index (κ1) is 23.7. The zero-order valence-corrected chi connectivity index (χ0v) is 18.8. The molecule has 1 atom stereocenters. The topological polar surface area (TPSA) is 84.6 Å². The largest absolute Gasteiger partial charge is 0.489 e. The lowest BCUT2D eigenvalue weighted by Gasteiger charge is -2.16. The van der Waals surface area contributed by atoms with Crippen LogP contribution < -0.4 is 15.8 Å². The average molecular weight is 467 g/mol. The van der Waals surface area contributed by atoms with E-state index in [-0.39, 0.29) is 18.6 Å². The van der Waals surface area contributed by atoms with Crippen molar-refractivity contribution in [1.29, 1.82) is 0 Å². The van der Waals surface area contributed by atoms with Gasteiger partial charge in [-0.3, -0.25) is 4.79 Å². The van der Waals surface area contributed by atoms with Crippen LogP contribution in [0.25, 0.3) is 11.1 Å². The number of carboxylic acids is 1. The molecule has 0 amide bonds. The Labute approximate surface area is 197 Å². The number of aliphatic carboxylic acids is 1. The first-order valence-corrected chi connectivity index (χ1v) is 11.3. The molecule has 0 heterocycles. The Morgan fingerprint density at radius 3 is 2.68 bits per heavy atom. The van der Waals surface area contributed by atoms with Crippen molar-refractivity contribution in [3.63, 3.8) is 0 Å². The first-order chi connectivity index (χ1) is 16.4. The smallest absolute Gasteiger partial charge is 0.307 e. The zero-order chi connectivity index (χ0) is 24.1. The minimum absolute atomic E-state index is 0.136. The van der Waals surface area contributed by atoms with Gasteiger partial charge in [0.05, 0.1) is 12.5 Å². The molecule has 3 aromatic carbocycles. The number of nitrogens with one attached hydrogen (secondary N) is 1. The van der Waals surface area contributed by atoms with Crippen LogP contribution in [0.2, 0.25) is 0 Å². The quantitative estimate of drug-likeness (QED) is 0.348. The van der Waals surface area contributed by atoms with Crippen molar-refractivity contribution < 1.29 is 23.4 Å². The van der Waals surface area contributed by atoms with Crippen LogP contribution in [0.5, 0.6) is 5.75 Å². The zero-order valence-electron chi connectivity index (χ0n) is 18.8. The van der Waals surface area contributed by atoms with E-state index in [2.05, 4.69) is 5.32 Å². The Hall–Kier alpha value is -3.45. The van der Waals surface area contributed by atoms with Crippen molar-refractivity contribution in [2.45, 2.75) is 31.9 Å². The number of alkyl halides is 1. The van der Waals surface area contributed by atoms with Gasteiger partial charge in [0, 0.05) is 28.9 Å². The molecule has 0 saturated heterocycles. The molecule has 3 aromatic rings. The van der Waals surface area contributed by atoms with Crippen LogP contribution in [-0.4, -0.2) is 24.3 Å². The van der Waals surface area contributed by atoms with E-state index in [4.69, 9.17) is 15.6 Å². The van der Waals surface area contributed by atoms with Gasteiger partial charge in [0.2, 0.25) is 0 Å². The monoisotopic (exact) mass is 466 g/mol. The molecule has 178 valence electrons. The summed E-state index contributed by atoms with van der Waals surface area (Å²) in [5.41, 5.74) is 9.07. The normalized spacial score (nSPS) is 14.0. The molecule has 0 radical (unpaired) electrons. The molecular formula is C27H28F2N2O3. The second-order valence-electron chi connectivity index (χ2n) is 8.68. The summed E-state index contributed by atoms with van der Waals surface area (Å²) in [6, 6.07) is 16.4. The van der Waals surface area contributed by atoms with Gasteiger partial charge >= 0.3 is 5.97 Å². The predicted molar refractivity (Wildman–Crippen MR) is 128 cm³/mol. The van der Waals surface area contributed by atoms with Crippen LogP contribution in [0.4, 0.5) is 14.5 Å². The fourth-order valence-electron chi connectivity index (χ4n) is 3.87. The maximum atomic E-state index is 15.3. The molecular weight excluding hydrogens is 438 g/mol. The minimum atomic E-state index is -1.02. The molecule has 34 heavy (non-hydrogen) atoms. The van der Waals surface area contributed by atoms with Crippen molar-refractivity contribution in [1.82, 2.24) is 0 Å². The van der Waals surface area contributed by atoms with Crippen LogP contribution in [0.3, 0.4) is 0 Å². The molecule has 0 unspecified atom stereocenters. The third-order valence-electron chi connectivity index (χ3n) is 5.90. The molecule has 1 saturated carbocycles. The number of carboxylic acid groups (broad SMARTS) is 1. The Balaban J connectivity index is 1.64. The summed E-state index contributed by atoms with van der Waals surface area (Å²) in [6.45, 7) is 0.159. The molecule has 0 aromatic heterocycles. The summed E-state index contributed by atoms with van der Waals surface area (Å²) in [5, 5.41) is 12.6. The predicted octanol–water partition coefficient (Wildman–Crippen LogP) is 5.49. The highest BCUT2D eigenvalue weighted by molar-refractivity contribution is 5.72. The molecule has 0 spiro atoms. The molecule has 7 heteroatoms. The summed E-state index contributed by atoms with van der Waals surface area (Å²) in [6.07, 6.45) is 2.25. The second-order valence-corrected chi connectivity index (χ2v) is 8.68. The summed E-state index contributed by atoms with van der Waals surface area (Å²) in [7, 11) is 0. The highest BCUT2D eigenvalue weighted by atomic mass is 19.1. The van der Waals surface area contributed by atoms with Gasteiger partial charge in [0.1, 0.15) is 24.8 Å². The lowest BCUT2D eigenvalue weighted by Crippen LogP contribution is -2.14. The lowest BCUT2D eigenvalue weighted by atomic mass is 9.97.